The van der Waals surface area contributed by atoms with E-state index < -0.39 is 0 Å². The molecule has 0 unspecified atom stereocenters. The van der Waals surface area contributed by atoms with E-state index in [0.29, 0.717) is 21.6 Å². The molecule has 0 aliphatic heterocycles. The van der Waals surface area contributed by atoms with Crippen LogP contribution in [0, 0.1) is 6.92 Å². The second-order valence-corrected chi connectivity index (χ2v) is 6.07. The van der Waals surface area contributed by atoms with Gasteiger partial charge in [0.1, 0.15) is 5.82 Å². The first kappa shape index (κ1) is 17.8. The molecule has 0 atom stereocenters. The highest BCUT2D eigenvalue weighted by atomic mass is 79.9. The first-order chi connectivity index (χ1) is 11.5. The summed E-state index contributed by atoms with van der Waals surface area (Å²) in [6.45, 7) is 3.59. The number of carbonyl (C=O) groups is 2. The number of hydrogen-bond donors (Lipinski definition) is 2. The van der Waals surface area contributed by atoms with E-state index in [1.165, 1.54) is 0 Å². The second kappa shape index (κ2) is 8.35. The molecule has 6 nitrogen and oxygen atoms in total. The standard InChI is InChI=1S/C17H17BrN4O2/c1-11-7-8-19-15(9-11)20-16(23)10-12(2)21-22-17(24)13-5-3-4-6-14(13)18/h3-9H,10H2,1-2H3,(H,22,24)(H,19,20,23). The fourth-order valence-corrected chi connectivity index (χ4v) is 2.38. The Labute approximate surface area is 148 Å². The molecule has 2 amide bonds. The highest BCUT2D eigenvalue weighted by Gasteiger charge is 2.09. The molecule has 2 aromatic rings. The third-order valence-corrected chi connectivity index (χ3v) is 3.76. The molecular formula is C17H17BrN4O2. The van der Waals surface area contributed by atoms with Gasteiger partial charge in [0.25, 0.3) is 5.91 Å². The van der Waals surface area contributed by atoms with Crippen LogP contribution in [0.4, 0.5) is 5.82 Å². The summed E-state index contributed by atoms with van der Waals surface area (Å²) in [7, 11) is 0. The minimum atomic E-state index is -0.345. The summed E-state index contributed by atoms with van der Waals surface area (Å²) in [5.74, 6) is -0.0999. The number of nitrogens with one attached hydrogen (secondary N) is 2. The SMILES string of the molecule is CC(CC(=O)Nc1cc(C)ccn1)=NNC(=O)c1ccccc1Br. The second-order valence-electron chi connectivity index (χ2n) is 5.21. The van der Waals surface area contributed by atoms with Crippen molar-refractivity contribution in [3.63, 3.8) is 0 Å². The number of hydrazone groups is 1. The molecule has 2 N–H and O–H groups in total. The summed E-state index contributed by atoms with van der Waals surface area (Å²) in [6, 6.07) is 10.7. The number of hydrogen-bond acceptors (Lipinski definition) is 4. The van der Waals surface area contributed by atoms with Gasteiger partial charge in [-0.3, -0.25) is 9.59 Å². The number of nitrogens with zero attached hydrogens (tertiary/aromatic N) is 2. The Morgan fingerprint density at radius 2 is 2.00 bits per heavy atom. The van der Waals surface area contributed by atoms with E-state index in [1.54, 1.807) is 37.4 Å². The highest BCUT2D eigenvalue weighted by Crippen LogP contribution is 2.15. The average Bonchev–Trinajstić information content (AvgIpc) is 2.53. The minimum Gasteiger partial charge on any atom is -0.310 e. The van der Waals surface area contributed by atoms with Gasteiger partial charge < -0.3 is 5.32 Å². The van der Waals surface area contributed by atoms with Crippen LogP contribution < -0.4 is 10.7 Å². The van der Waals surface area contributed by atoms with Crippen LogP contribution in [0.5, 0.6) is 0 Å². The molecule has 124 valence electrons. The summed E-state index contributed by atoms with van der Waals surface area (Å²) >= 11 is 3.31. The number of anilines is 1. The first-order valence-corrected chi connectivity index (χ1v) is 8.05. The summed E-state index contributed by atoms with van der Waals surface area (Å²) in [4.78, 5) is 28.0. The van der Waals surface area contributed by atoms with Gasteiger partial charge in [-0.2, -0.15) is 5.10 Å². The molecule has 0 saturated heterocycles. The topological polar surface area (TPSA) is 83.4 Å². The molecule has 0 radical (unpaired) electrons. The number of carbonyl (C=O) groups excluding carboxylic acids is 2. The van der Waals surface area contributed by atoms with Crippen molar-refractivity contribution in [2.45, 2.75) is 20.3 Å². The maximum absolute atomic E-state index is 12.0. The highest BCUT2D eigenvalue weighted by molar-refractivity contribution is 9.10. The van der Waals surface area contributed by atoms with Crippen molar-refractivity contribution in [3.05, 3.63) is 58.2 Å². The Balaban J connectivity index is 1.90. The van der Waals surface area contributed by atoms with Crippen LogP contribution in [0.15, 0.2) is 52.2 Å². The van der Waals surface area contributed by atoms with E-state index in [-0.39, 0.29) is 18.2 Å². The molecular weight excluding hydrogens is 372 g/mol. The monoisotopic (exact) mass is 388 g/mol. The predicted molar refractivity (Wildman–Crippen MR) is 96.9 cm³/mol. The van der Waals surface area contributed by atoms with Crippen LogP contribution in [0.1, 0.15) is 29.3 Å². The lowest BCUT2D eigenvalue weighted by atomic mass is 10.2. The summed E-state index contributed by atoms with van der Waals surface area (Å²) in [5, 5.41) is 6.65. The zero-order valence-electron chi connectivity index (χ0n) is 13.3. The van der Waals surface area contributed by atoms with Crippen LogP contribution >= 0.6 is 15.9 Å². The van der Waals surface area contributed by atoms with Crippen molar-refractivity contribution in [3.8, 4) is 0 Å². The zero-order chi connectivity index (χ0) is 17.5. The predicted octanol–water partition coefficient (Wildman–Crippen LogP) is 3.29. The first-order valence-electron chi connectivity index (χ1n) is 7.26. The van der Waals surface area contributed by atoms with Gasteiger partial charge in [-0.25, -0.2) is 10.4 Å². The van der Waals surface area contributed by atoms with Crippen molar-refractivity contribution < 1.29 is 9.59 Å². The lowest BCUT2D eigenvalue weighted by Crippen LogP contribution is -2.22. The Kier molecular flexibility index (Phi) is 6.20. The molecule has 1 aromatic carbocycles. The number of benzene rings is 1. The number of aromatic nitrogens is 1. The maximum Gasteiger partial charge on any atom is 0.272 e. The number of rotatable bonds is 5. The van der Waals surface area contributed by atoms with Crippen molar-refractivity contribution >= 4 is 39.3 Å². The van der Waals surface area contributed by atoms with Gasteiger partial charge in [0.2, 0.25) is 5.91 Å². The van der Waals surface area contributed by atoms with Crippen LogP contribution in [-0.4, -0.2) is 22.5 Å². The normalized spacial score (nSPS) is 11.0. The van der Waals surface area contributed by atoms with Crippen LogP contribution in [0.25, 0.3) is 0 Å². The van der Waals surface area contributed by atoms with Gasteiger partial charge >= 0.3 is 0 Å². The van der Waals surface area contributed by atoms with Gasteiger partial charge in [0.05, 0.1) is 12.0 Å². The fraction of sp³-hybridized carbons (Fsp3) is 0.176. The molecule has 0 spiro atoms. The van der Waals surface area contributed by atoms with Crippen molar-refractivity contribution in [1.29, 1.82) is 0 Å². The fourth-order valence-electron chi connectivity index (χ4n) is 1.92. The quantitative estimate of drug-likeness (QED) is 0.608. The molecule has 0 fully saturated rings. The molecule has 1 heterocycles. The van der Waals surface area contributed by atoms with Crippen molar-refractivity contribution in [2.24, 2.45) is 5.10 Å². The Hall–Kier alpha value is -2.54. The molecule has 1 aromatic heterocycles. The average molecular weight is 389 g/mol. The maximum atomic E-state index is 12.0. The molecule has 0 aliphatic carbocycles. The lowest BCUT2D eigenvalue weighted by molar-refractivity contribution is -0.115. The van der Waals surface area contributed by atoms with E-state index in [9.17, 15) is 9.59 Å². The molecule has 0 bridgehead atoms. The van der Waals surface area contributed by atoms with E-state index in [2.05, 4.69) is 36.8 Å². The number of halogens is 1. The van der Waals surface area contributed by atoms with Crippen LogP contribution in [0.3, 0.4) is 0 Å². The molecule has 7 heteroatoms. The molecule has 24 heavy (non-hydrogen) atoms. The third kappa shape index (κ3) is 5.27. The molecule has 2 rings (SSSR count). The van der Waals surface area contributed by atoms with Gasteiger partial charge in [-0.15, -0.1) is 0 Å². The van der Waals surface area contributed by atoms with E-state index in [1.807, 2.05) is 19.1 Å². The molecule has 0 saturated carbocycles. The largest absolute Gasteiger partial charge is 0.310 e. The van der Waals surface area contributed by atoms with E-state index >= 15 is 0 Å². The Morgan fingerprint density at radius 1 is 1.25 bits per heavy atom. The minimum absolute atomic E-state index is 0.0614. The van der Waals surface area contributed by atoms with Crippen LogP contribution in [-0.2, 0) is 4.79 Å². The zero-order valence-corrected chi connectivity index (χ0v) is 14.9. The van der Waals surface area contributed by atoms with Crippen molar-refractivity contribution in [1.82, 2.24) is 10.4 Å². The number of pyridine rings is 1. The van der Waals surface area contributed by atoms with Gasteiger partial charge in [-0.05, 0) is 59.6 Å². The summed E-state index contributed by atoms with van der Waals surface area (Å²) < 4.78 is 0.679. The number of aryl methyl sites for hydroxylation is 1. The van der Waals surface area contributed by atoms with Gasteiger partial charge in [0, 0.05) is 16.4 Å². The number of amides is 2. The molecule has 0 aliphatic rings. The Morgan fingerprint density at radius 3 is 2.71 bits per heavy atom. The van der Waals surface area contributed by atoms with Crippen molar-refractivity contribution in [2.75, 3.05) is 5.32 Å². The van der Waals surface area contributed by atoms with Gasteiger partial charge in [-0.1, -0.05) is 12.1 Å². The summed E-state index contributed by atoms with van der Waals surface area (Å²) in [6.07, 6.45) is 1.69. The summed E-state index contributed by atoms with van der Waals surface area (Å²) in [5.41, 5.74) is 4.41. The van der Waals surface area contributed by atoms with E-state index in [0.717, 1.165) is 5.56 Å². The van der Waals surface area contributed by atoms with E-state index in [4.69, 9.17) is 0 Å². The van der Waals surface area contributed by atoms with Crippen LogP contribution in [0.2, 0.25) is 0 Å². The Bertz CT molecular complexity index is 790. The van der Waals surface area contributed by atoms with Gasteiger partial charge in [0.15, 0.2) is 0 Å². The smallest absolute Gasteiger partial charge is 0.272 e. The lowest BCUT2D eigenvalue weighted by Gasteiger charge is -2.06. The third-order valence-electron chi connectivity index (χ3n) is 3.07.